The Labute approximate surface area is 138 Å². The monoisotopic (exact) mass is 335 g/mol. The minimum Gasteiger partial charge on any atom is -0.335 e. The second kappa shape index (κ2) is 7.29. The van der Waals surface area contributed by atoms with Crippen molar-refractivity contribution in [1.29, 1.82) is 0 Å². The van der Waals surface area contributed by atoms with Crippen LogP contribution >= 0.6 is 23.1 Å². The van der Waals surface area contributed by atoms with Crippen LogP contribution in [0.25, 0.3) is 0 Å². The van der Waals surface area contributed by atoms with Crippen LogP contribution in [0.3, 0.4) is 0 Å². The Hall–Kier alpha value is -1.33. The van der Waals surface area contributed by atoms with Crippen molar-refractivity contribution in [2.75, 3.05) is 5.75 Å². The van der Waals surface area contributed by atoms with Crippen molar-refractivity contribution in [2.45, 2.75) is 36.7 Å². The van der Waals surface area contributed by atoms with Gasteiger partial charge in [-0.1, -0.05) is 6.07 Å². The summed E-state index contributed by atoms with van der Waals surface area (Å²) >= 11 is 3.30. The fraction of sp³-hybridized carbons (Fsp3) is 0.353. The molecule has 0 unspecified atom stereocenters. The zero-order chi connectivity index (χ0) is 15.4. The van der Waals surface area contributed by atoms with Crippen LogP contribution in [-0.4, -0.2) is 22.6 Å². The quantitative estimate of drug-likeness (QED) is 0.691. The molecule has 0 radical (unpaired) electrons. The van der Waals surface area contributed by atoms with E-state index in [4.69, 9.17) is 0 Å². The van der Waals surface area contributed by atoms with Crippen molar-refractivity contribution in [2.24, 2.45) is 0 Å². The van der Waals surface area contributed by atoms with Gasteiger partial charge in [0, 0.05) is 28.0 Å². The Morgan fingerprint density at radius 2 is 2.05 bits per heavy atom. The number of amides is 1. The molecule has 1 aromatic heterocycles. The highest BCUT2D eigenvalue weighted by atomic mass is 32.2. The van der Waals surface area contributed by atoms with Gasteiger partial charge >= 0.3 is 0 Å². The van der Waals surface area contributed by atoms with E-state index in [9.17, 15) is 9.18 Å². The molecule has 1 fully saturated rings. The summed E-state index contributed by atoms with van der Waals surface area (Å²) in [7, 11) is 0. The number of hydrogen-bond donors (Lipinski definition) is 0. The number of hydrogen-bond acceptors (Lipinski definition) is 3. The first-order valence-electron chi connectivity index (χ1n) is 7.42. The van der Waals surface area contributed by atoms with Crippen LogP contribution in [0, 0.1) is 5.82 Å². The molecule has 1 aliphatic rings. The van der Waals surface area contributed by atoms with Crippen LogP contribution in [0.5, 0.6) is 0 Å². The Bertz CT molecular complexity index is 608. The van der Waals surface area contributed by atoms with Gasteiger partial charge in [0.15, 0.2) is 0 Å². The van der Waals surface area contributed by atoms with Crippen molar-refractivity contribution in [3.63, 3.8) is 0 Å². The number of rotatable bonds is 7. The normalized spacial score (nSPS) is 14.0. The highest BCUT2D eigenvalue weighted by molar-refractivity contribution is 7.99. The van der Waals surface area contributed by atoms with E-state index in [1.165, 1.54) is 17.0 Å². The number of carbonyl (C=O) groups is 1. The first-order valence-corrected chi connectivity index (χ1v) is 9.29. The molecule has 22 heavy (non-hydrogen) atoms. The van der Waals surface area contributed by atoms with E-state index in [0.717, 1.165) is 30.0 Å². The molecule has 5 heteroatoms. The molecular weight excluding hydrogens is 317 g/mol. The van der Waals surface area contributed by atoms with Crippen LogP contribution in [0.15, 0.2) is 46.7 Å². The minimum atomic E-state index is -0.226. The summed E-state index contributed by atoms with van der Waals surface area (Å²) in [5.74, 6) is 0.736. The fourth-order valence-corrected chi connectivity index (χ4v) is 3.85. The predicted molar refractivity (Wildman–Crippen MR) is 89.6 cm³/mol. The van der Waals surface area contributed by atoms with Gasteiger partial charge in [-0.15, -0.1) is 23.1 Å². The molecule has 2 nitrogen and oxygen atoms in total. The van der Waals surface area contributed by atoms with E-state index in [2.05, 4.69) is 11.4 Å². The summed E-state index contributed by atoms with van der Waals surface area (Å²) in [6.07, 6.45) is 2.79. The van der Waals surface area contributed by atoms with Crippen LogP contribution in [-0.2, 0) is 11.3 Å². The molecule has 1 heterocycles. The van der Waals surface area contributed by atoms with Gasteiger partial charge in [0.05, 0.1) is 6.54 Å². The van der Waals surface area contributed by atoms with E-state index in [1.54, 1.807) is 35.2 Å². The smallest absolute Gasteiger partial charge is 0.223 e. The standard InChI is InChI=1S/C17H18FNOS2/c18-13-3-7-15(8-4-13)22-11-9-17(20)19(14-5-6-14)12-16-2-1-10-21-16/h1-4,7-8,10,14H,5-6,9,11-12H2. The maximum absolute atomic E-state index is 12.8. The Kier molecular flexibility index (Phi) is 5.16. The molecule has 0 spiro atoms. The molecule has 0 N–H and O–H groups in total. The Morgan fingerprint density at radius 1 is 1.27 bits per heavy atom. The number of nitrogens with zero attached hydrogens (tertiary/aromatic N) is 1. The molecule has 3 rings (SSSR count). The first-order chi connectivity index (χ1) is 10.7. The number of thiophene rings is 1. The third-order valence-electron chi connectivity index (χ3n) is 3.61. The summed E-state index contributed by atoms with van der Waals surface area (Å²) in [4.78, 5) is 16.7. The minimum absolute atomic E-state index is 0.226. The van der Waals surface area contributed by atoms with E-state index in [-0.39, 0.29) is 11.7 Å². The van der Waals surface area contributed by atoms with E-state index in [1.807, 2.05) is 11.0 Å². The zero-order valence-electron chi connectivity index (χ0n) is 12.2. The molecule has 1 amide bonds. The zero-order valence-corrected chi connectivity index (χ0v) is 13.8. The highest BCUT2D eigenvalue weighted by Crippen LogP contribution is 2.30. The van der Waals surface area contributed by atoms with Gasteiger partial charge < -0.3 is 4.90 Å². The van der Waals surface area contributed by atoms with Crippen molar-refractivity contribution < 1.29 is 9.18 Å². The van der Waals surface area contributed by atoms with Crippen LogP contribution < -0.4 is 0 Å². The second-order valence-corrected chi connectivity index (χ2v) is 7.59. The summed E-state index contributed by atoms with van der Waals surface area (Å²) in [6, 6.07) is 11.0. The molecule has 0 bridgehead atoms. The van der Waals surface area contributed by atoms with E-state index >= 15 is 0 Å². The predicted octanol–water partition coefficient (Wildman–Crippen LogP) is 4.56. The lowest BCUT2D eigenvalue weighted by Crippen LogP contribution is -2.32. The average Bonchev–Trinajstić information content (AvgIpc) is 3.23. The van der Waals surface area contributed by atoms with Gasteiger partial charge in [0.25, 0.3) is 0 Å². The third kappa shape index (κ3) is 4.34. The van der Waals surface area contributed by atoms with Crippen LogP contribution in [0.2, 0.25) is 0 Å². The summed E-state index contributed by atoms with van der Waals surface area (Å²) in [6.45, 7) is 0.738. The maximum Gasteiger partial charge on any atom is 0.223 e. The molecule has 0 aliphatic heterocycles. The number of halogens is 1. The average molecular weight is 335 g/mol. The van der Waals surface area contributed by atoms with Crippen molar-refractivity contribution in [3.8, 4) is 0 Å². The van der Waals surface area contributed by atoms with E-state index < -0.39 is 0 Å². The Balaban J connectivity index is 1.50. The van der Waals surface area contributed by atoms with Gasteiger partial charge in [-0.25, -0.2) is 4.39 Å². The van der Waals surface area contributed by atoms with Crippen molar-refractivity contribution >= 4 is 29.0 Å². The largest absolute Gasteiger partial charge is 0.335 e. The lowest BCUT2D eigenvalue weighted by Gasteiger charge is -2.21. The highest BCUT2D eigenvalue weighted by Gasteiger charge is 2.32. The lowest BCUT2D eigenvalue weighted by atomic mass is 10.3. The Morgan fingerprint density at radius 3 is 2.68 bits per heavy atom. The number of carbonyl (C=O) groups excluding carboxylic acids is 1. The first kappa shape index (κ1) is 15.6. The molecule has 116 valence electrons. The molecule has 1 saturated carbocycles. The fourth-order valence-electron chi connectivity index (χ4n) is 2.31. The van der Waals surface area contributed by atoms with E-state index in [0.29, 0.717) is 12.5 Å². The van der Waals surface area contributed by atoms with Crippen LogP contribution in [0.1, 0.15) is 24.1 Å². The third-order valence-corrected chi connectivity index (χ3v) is 5.49. The molecule has 1 aromatic carbocycles. The van der Waals surface area contributed by atoms with Gasteiger partial charge in [0.2, 0.25) is 5.91 Å². The maximum atomic E-state index is 12.8. The number of benzene rings is 1. The molecule has 2 aromatic rings. The molecule has 0 saturated heterocycles. The summed E-state index contributed by atoms with van der Waals surface area (Å²) in [5, 5.41) is 2.05. The second-order valence-electron chi connectivity index (χ2n) is 5.38. The van der Waals surface area contributed by atoms with Gasteiger partial charge in [-0.2, -0.15) is 0 Å². The SMILES string of the molecule is O=C(CCSc1ccc(F)cc1)N(Cc1cccs1)C1CC1. The van der Waals surface area contributed by atoms with Crippen molar-refractivity contribution in [1.82, 2.24) is 4.90 Å². The topological polar surface area (TPSA) is 20.3 Å². The van der Waals surface area contributed by atoms with Crippen LogP contribution in [0.4, 0.5) is 4.39 Å². The summed E-state index contributed by atoms with van der Waals surface area (Å²) < 4.78 is 12.8. The number of thioether (sulfide) groups is 1. The van der Waals surface area contributed by atoms with Crippen molar-refractivity contribution in [3.05, 3.63) is 52.5 Å². The van der Waals surface area contributed by atoms with Gasteiger partial charge in [-0.3, -0.25) is 4.79 Å². The summed E-state index contributed by atoms with van der Waals surface area (Å²) in [5.41, 5.74) is 0. The van der Waals surface area contributed by atoms with Gasteiger partial charge in [-0.05, 0) is 48.6 Å². The molecular formula is C17H18FNOS2. The van der Waals surface area contributed by atoms with Gasteiger partial charge in [0.1, 0.15) is 5.82 Å². The molecule has 0 atom stereocenters. The lowest BCUT2D eigenvalue weighted by molar-refractivity contribution is -0.131. The molecule has 1 aliphatic carbocycles.